The summed E-state index contributed by atoms with van der Waals surface area (Å²) in [6.45, 7) is 5.98. The number of fused-ring (bicyclic) bond motifs is 1. The summed E-state index contributed by atoms with van der Waals surface area (Å²) in [7, 11) is 0. The molecule has 0 saturated carbocycles. The van der Waals surface area contributed by atoms with Crippen LogP contribution in [0, 0.1) is 0 Å². The van der Waals surface area contributed by atoms with Crippen LogP contribution >= 0.6 is 0 Å². The minimum atomic E-state index is 1.05. The maximum atomic E-state index is 3.78. The van der Waals surface area contributed by atoms with Crippen LogP contribution in [0.25, 0.3) is 10.8 Å². The average Bonchev–Trinajstić information content (AvgIpc) is 2.35. The summed E-state index contributed by atoms with van der Waals surface area (Å²) >= 11 is 0. The summed E-state index contributed by atoms with van der Waals surface area (Å²) in [6, 6.07) is 13.4. The maximum absolute atomic E-state index is 3.78. The fraction of sp³-hybridized carbons (Fsp3) is 0.250. The van der Waals surface area contributed by atoms with E-state index >= 15 is 0 Å². The van der Waals surface area contributed by atoms with Crippen molar-refractivity contribution in [1.29, 1.82) is 0 Å². The first-order valence-electron chi connectivity index (χ1n) is 5.96. The highest BCUT2D eigenvalue weighted by molar-refractivity contribution is 5.86. The Kier molecular flexibility index (Phi) is 3.40. The van der Waals surface area contributed by atoms with E-state index in [1.54, 1.807) is 0 Å². The predicted molar refractivity (Wildman–Crippen MR) is 71.8 cm³/mol. The van der Waals surface area contributed by atoms with Gasteiger partial charge < -0.3 is 0 Å². The van der Waals surface area contributed by atoms with Gasteiger partial charge in [0, 0.05) is 0 Å². The van der Waals surface area contributed by atoms with E-state index in [1.807, 2.05) is 6.08 Å². The molecule has 0 spiro atoms. The van der Waals surface area contributed by atoms with Gasteiger partial charge >= 0.3 is 0 Å². The zero-order chi connectivity index (χ0) is 11.4. The van der Waals surface area contributed by atoms with Gasteiger partial charge in [-0.2, -0.15) is 0 Å². The number of hydrogen-bond acceptors (Lipinski definition) is 0. The molecule has 2 aromatic rings. The Morgan fingerprint density at radius 1 is 1.19 bits per heavy atom. The molecular weight excluding hydrogens is 192 g/mol. The highest BCUT2D eigenvalue weighted by atomic mass is 14.0. The molecule has 0 radical (unpaired) electrons. The third-order valence-electron chi connectivity index (χ3n) is 3.06. The lowest BCUT2D eigenvalue weighted by atomic mass is 9.98. The number of benzene rings is 2. The van der Waals surface area contributed by atoms with Crippen LogP contribution in [0.5, 0.6) is 0 Å². The van der Waals surface area contributed by atoms with E-state index in [0.29, 0.717) is 0 Å². The fourth-order valence-corrected chi connectivity index (χ4v) is 2.10. The number of hydrogen-bond donors (Lipinski definition) is 0. The van der Waals surface area contributed by atoms with Gasteiger partial charge in [-0.3, -0.25) is 0 Å². The van der Waals surface area contributed by atoms with Crippen molar-refractivity contribution in [1.82, 2.24) is 0 Å². The van der Waals surface area contributed by atoms with Gasteiger partial charge in [0.25, 0.3) is 0 Å². The van der Waals surface area contributed by atoms with Crippen LogP contribution in [0.2, 0.25) is 0 Å². The second kappa shape index (κ2) is 4.98. The standard InChI is InChI=1S/C16H18/c1-3-5-7-14-8-6-9-15-12-13(4-2)10-11-16(14)15/h3,6,8-12H,1,4-5,7H2,2H3. The highest BCUT2D eigenvalue weighted by Crippen LogP contribution is 2.21. The molecule has 2 aromatic carbocycles. The van der Waals surface area contributed by atoms with Crippen molar-refractivity contribution < 1.29 is 0 Å². The first kappa shape index (κ1) is 10.9. The van der Waals surface area contributed by atoms with Crippen LogP contribution in [0.1, 0.15) is 24.5 Å². The molecule has 0 heteroatoms. The lowest BCUT2D eigenvalue weighted by molar-refractivity contribution is 1.01. The highest BCUT2D eigenvalue weighted by Gasteiger charge is 2.00. The normalized spacial score (nSPS) is 10.6. The molecule has 0 saturated heterocycles. The monoisotopic (exact) mass is 210 g/mol. The van der Waals surface area contributed by atoms with E-state index in [9.17, 15) is 0 Å². The summed E-state index contributed by atoms with van der Waals surface area (Å²) < 4.78 is 0. The Morgan fingerprint density at radius 2 is 2.06 bits per heavy atom. The summed E-state index contributed by atoms with van der Waals surface area (Å²) in [4.78, 5) is 0. The van der Waals surface area contributed by atoms with E-state index < -0.39 is 0 Å². The third-order valence-corrected chi connectivity index (χ3v) is 3.06. The summed E-state index contributed by atoms with van der Waals surface area (Å²) in [5, 5.41) is 2.75. The molecule has 0 fully saturated rings. The lowest BCUT2D eigenvalue weighted by Crippen LogP contribution is -1.87. The van der Waals surface area contributed by atoms with Crippen LogP contribution in [-0.2, 0) is 12.8 Å². The largest absolute Gasteiger partial charge is 0.103 e. The van der Waals surface area contributed by atoms with Crippen LogP contribution in [0.3, 0.4) is 0 Å². The molecule has 2 rings (SSSR count). The Balaban J connectivity index is 2.47. The van der Waals surface area contributed by atoms with Crippen molar-refractivity contribution >= 4 is 10.8 Å². The zero-order valence-electron chi connectivity index (χ0n) is 9.87. The number of allylic oxidation sites excluding steroid dienone is 1. The van der Waals surface area contributed by atoms with Crippen molar-refractivity contribution in [2.75, 3.05) is 0 Å². The molecule has 0 unspecified atom stereocenters. The first-order chi connectivity index (χ1) is 7.85. The molecule has 0 atom stereocenters. The average molecular weight is 210 g/mol. The first-order valence-corrected chi connectivity index (χ1v) is 5.96. The van der Waals surface area contributed by atoms with Gasteiger partial charge in [-0.25, -0.2) is 0 Å². The van der Waals surface area contributed by atoms with E-state index in [1.165, 1.54) is 21.9 Å². The van der Waals surface area contributed by atoms with Gasteiger partial charge in [-0.15, -0.1) is 6.58 Å². The Morgan fingerprint density at radius 3 is 2.81 bits per heavy atom. The van der Waals surface area contributed by atoms with Gasteiger partial charge in [-0.1, -0.05) is 49.4 Å². The third kappa shape index (κ3) is 2.16. The second-order valence-corrected chi connectivity index (χ2v) is 4.15. The Hall–Kier alpha value is -1.56. The van der Waals surface area contributed by atoms with Gasteiger partial charge in [-0.05, 0) is 41.2 Å². The second-order valence-electron chi connectivity index (χ2n) is 4.15. The minimum absolute atomic E-state index is 1.05. The molecule has 0 bridgehead atoms. The smallest absolute Gasteiger partial charge is 0.0152 e. The van der Waals surface area contributed by atoms with E-state index in [-0.39, 0.29) is 0 Å². The predicted octanol–water partition coefficient (Wildman–Crippen LogP) is 4.52. The summed E-state index contributed by atoms with van der Waals surface area (Å²) in [6.07, 6.45) is 5.23. The molecular formula is C16H18. The van der Waals surface area contributed by atoms with Crippen LogP contribution in [0.15, 0.2) is 49.1 Å². The Labute approximate surface area is 97.6 Å². The molecule has 0 nitrogen and oxygen atoms in total. The molecule has 0 aliphatic heterocycles. The van der Waals surface area contributed by atoms with E-state index in [2.05, 4.69) is 49.9 Å². The Bertz CT molecular complexity index is 494. The van der Waals surface area contributed by atoms with Crippen LogP contribution in [0.4, 0.5) is 0 Å². The molecule has 0 aromatic heterocycles. The molecule has 82 valence electrons. The van der Waals surface area contributed by atoms with Gasteiger partial charge in [0.2, 0.25) is 0 Å². The van der Waals surface area contributed by atoms with Crippen molar-refractivity contribution in [3.63, 3.8) is 0 Å². The summed E-state index contributed by atoms with van der Waals surface area (Å²) in [5.41, 5.74) is 2.84. The van der Waals surface area contributed by atoms with Gasteiger partial charge in [0.1, 0.15) is 0 Å². The van der Waals surface area contributed by atoms with Gasteiger partial charge in [0.15, 0.2) is 0 Å². The fourth-order valence-electron chi connectivity index (χ4n) is 2.10. The molecule has 0 amide bonds. The van der Waals surface area contributed by atoms with Crippen LogP contribution in [-0.4, -0.2) is 0 Å². The zero-order valence-corrected chi connectivity index (χ0v) is 9.87. The SMILES string of the molecule is C=CCCc1cccc2cc(CC)ccc12. The van der Waals surface area contributed by atoms with E-state index in [0.717, 1.165) is 19.3 Å². The molecule has 0 heterocycles. The van der Waals surface area contributed by atoms with Crippen molar-refractivity contribution in [3.8, 4) is 0 Å². The summed E-state index contributed by atoms with van der Waals surface area (Å²) in [5.74, 6) is 0. The van der Waals surface area contributed by atoms with Gasteiger partial charge in [0.05, 0.1) is 0 Å². The van der Waals surface area contributed by atoms with Crippen molar-refractivity contribution in [3.05, 3.63) is 60.2 Å². The molecule has 0 N–H and O–H groups in total. The topological polar surface area (TPSA) is 0 Å². The molecule has 16 heavy (non-hydrogen) atoms. The molecule has 0 aliphatic carbocycles. The van der Waals surface area contributed by atoms with Crippen molar-refractivity contribution in [2.24, 2.45) is 0 Å². The van der Waals surface area contributed by atoms with Crippen LogP contribution < -0.4 is 0 Å². The maximum Gasteiger partial charge on any atom is -0.0152 e. The quantitative estimate of drug-likeness (QED) is 0.651. The van der Waals surface area contributed by atoms with Crippen molar-refractivity contribution in [2.45, 2.75) is 26.2 Å². The minimum Gasteiger partial charge on any atom is -0.103 e. The molecule has 0 aliphatic rings. The van der Waals surface area contributed by atoms with E-state index in [4.69, 9.17) is 0 Å². The lowest BCUT2D eigenvalue weighted by Gasteiger charge is -2.06. The number of aryl methyl sites for hydroxylation is 2. The number of rotatable bonds is 4.